The lowest BCUT2D eigenvalue weighted by Gasteiger charge is -2.10. The summed E-state index contributed by atoms with van der Waals surface area (Å²) in [7, 11) is 3.01. The van der Waals surface area contributed by atoms with Gasteiger partial charge in [-0.2, -0.15) is 0 Å². The number of anilines is 1. The summed E-state index contributed by atoms with van der Waals surface area (Å²) in [5.74, 6) is -1.09. The van der Waals surface area contributed by atoms with Crippen LogP contribution in [0.5, 0.6) is 11.5 Å². The number of ether oxygens (including phenoxy) is 2. The molecule has 0 bridgehead atoms. The van der Waals surface area contributed by atoms with Gasteiger partial charge in [0, 0.05) is 17.3 Å². The van der Waals surface area contributed by atoms with E-state index in [0.29, 0.717) is 22.0 Å². The normalized spacial score (nSPS) is 13.2. The monoisotopic (exact) mass is 352 g/mol. The second-order valence-corrected chi connectivity index (χ2v) is 5.49. The van der Waals surface area contributed by atoms with Gasteiger partial charge in [0.25, 0.3) is 17.7 Å². The number of hydrogen-bond donors (Lipinski definition) is 1. The molecule has 7 heteroatoms. The Balaban J connectivity index is 1.90. The van der Waals surface area contributed by atoms with E-state index in [4.69, 9.17) is 15.2 Å². The number of fused-ring (bicyclic) bond motifs is 1. The van der Waals surface area contributed by atoms with Gasteiger partial charge in [0.15, 0.2) is 0 Å². The van der Waals surface area contributed by atoms with E-state index < -0.39 is 17.7 Å². The van der Waals surface area contributed by atoms with Crippen LogP contribution < -0.4 is 15.2 Å². The van der Waals surface area contributed by atoms with E-state index in [1.54, 1.807) is 24.3 Å². The molecule has 2 aromatic rings. The highest BCUT2D eigenvalue weighted by molar-refractivity contribution is 6.32. The predicted molar refractivity (Wildman–Crippen MR) is 94.9 cm³/mol. The van der Waals surface area contributed by atoms with E-state index in [1.165, 1.54) is 32.4 Å². The molecule has 0 saturated heterocycles. The summed E-state index contributed by atoms with van der Waals surface area (Å²) in [6.45, 7) is 0. The molecule has 2 aromatic carbocycles. The minimum atomic E-state index is -0.763. The standard InChI is InChI=1S/C19H16N2O5/c1-25-12-7-8-15(26-2)11(10-12)6-9-16(22)21-18(23)13-4-3-5-14(20)17(13)19(21)24/h3-10H,20H2,1-2H3. The molecule has 1 heterocycles. The summed E-state index contributed by atoms with van der Waals surface area (Å²) in [4.78, 5) is 37.8. The van der Waals surface area contributed by atoms with Gasteiger partial charge in [-0.15, -0.1) is 0 Å². The number of amides is 3. The highest BCUT2D eigenvalue weighted by atomic mass is 16.5. The highest BCUT2D eigenvalue weighted by Crippen LogP contribution is 2.29. The Morgan fingerprint density at radius 2 is 1.85 bits per heavy atom. The van der Waals surface area contributed by atoms with Crippen LogP contribution in [-0.4, -0.2) is 36.8 Å². The van der Waals surface area contributed by atoms with Crippen molar-refractivity contribution in [1.29, 1.82) is 0 Å². The fourth-order valence-electron chi connectivity index (χ4n) is 2.72. The van der Waals surface area contributed by atoms with Crippen LogP contribution in [0.15, 0.2) is 42.5 Å². The van der Waals surface area contributed by atoms with Crippen LogP contribution in [0.3, 0.4) is 0 Å². The molecule has 0 aromatic heterocycles. The maximum Gasteiger partial charge on any atom is 0.270 e. The Kier molecular flexibility index (Phi) is 4.45. The quantitative estimate of drug-likeness (QED) is 0.514. The molecule has 26 heavy (non-hydrogen) atoms. The number of nitrogen functional groups attached to an aromatic ring is 1. The Morgan fingerprint density at radius 3 is 2.50 bits per heavy atom. The molecular formula is C19H16N2O5. The Morgan fingerprint density at radius 1 is 1.08 bits per heavy atom. The predicted octanol–water partition coefficient (Wildman–Crippen LogP) is 2.12. The van der Waals surface area contributed by atoms with E-state index in [0.717, 1.165) is 6.08 Å². The van der Waals surface area contributed by atoms with Crippen molar-refractivity contribution in [3.8, 4) is 11.5 Å². The molecule has 1 aliphatic rings. The summed E-state index contributed by atoms with van der Waals surface area (Å²) in [5, 5.41) is 0. The Bertz CT molecular complexity index is 949. The number of imide groups is 3. The molecule has 0 radical (unpaired) electrons. The first-order valence-corrected chi connectivity index (χ1v) is 7.69. The Hall–Kier alpha value is -3.61. The van der Waals surface area contributed by atoms with Crippen molar-refractivity contribution >= 4 is 29.5 Å². The number of carbonyl (C=O) groups is 3. The second kappa shape index (κ2) is 6.72. The van der Waals surface area contributed by atoms with Crippen LogP contribution in [0.1, 0.15) is 26.3 Å². The Labute approximate surface area is 149 Å². The van der Waals surface area contributed by atoms with E-state index in [9.17, 15) is 14.4 Å². The van der Waals surface area contributed by atoms with Gasteiger partial charge in [0.05, 0.1) is 25.3 Å². The molecule has 0 spiro atoms. The molecule has 2 N–H and O–H groups in total. The lowest BCUT2D eigenvalue weighted by atomic mass is 10.1. The van der Waals surface area contributed by atoms with Crippen molar-refractivity contribution in [2.45, 2.75) is 0 Å². The number of nitrogens with zero attached hydrogens (tertiary/aromatic N) is 1. The molecule has 1 aliphatic heterocycles. The van der Waals surface area contributed by atoms with Crippen LogP contribution in [0.25, 0.3) is 6.08 Å². The maximum atomic E-state index is 12.5. The van der Waals surface area contributed by atoms with Gasteiger partial charge in [-0.05, 0) is 36.4 Å². The average molecular weight is 352 g/mol. The summed E-state index contributed by atoms with van der Waals surface area (Å²) in [5.41, 5.74) is 6.66. The van der Waals surface area contributed by atoms with Crippen molar-refractivity contribution in [2.24, 2.45) is 0 Å². The van der Waals surface area contributed by atoms with E-state index in [2.05, 4.69) is 0 Å². The molecule has 0 aliphatic carbocycles. The third-order valence-corrected chi connectivity index (χ3v) is 4.01. The van der Waals surface area contributed by atoms with Crippen molar-refractivity contribution < 1.29 is 23.9 Å². The van der Waals surface area contributed by atoms with Crippen LogP contribution in [0.4, 0.5) is 5.69 Å². The smallest absolute Gasteiger partial charge is 0.270 e. The molecule has 0 unspecified atom stereocenters. The third-order valence-electron chi connectivity index (χ3n) is 4.01. The van der Waals surface area contributed by atoms with Gasteiger partial charge < -0.3 is 15.2 Å². The second-order valence-electron chi connectivity index (χ2n) is 5.49. The minimum absolute atomic E-state index is 0.0539. The summed E-state index contributed by atoms with van der Waals surface area (Å²) in [6.07, 6.45) is 2.59. The molecule has 0 atom stereocenters. The van der Waals surface area contributed by atoms with Crippen LogP contribution >= 0.6 is 0 Å². The average Bonchev–Trinajstić information content (AvgIpc) is 2.91. The van der Waals surface area contributed by atoms with Gasteiger partial charge in [-0.3, -0.25) is 14.4 Å². The van der Waals surface area contributed by atoms with Gasteiger partial charge in [-0.1, -0.05) is 6.07 Å². The van der Waals surface area contributed by atoms with Crippen LogP contribution in [-0.2, 0) is 4.79 Å². The molecule has 132 valence electrons. The number of carbonyl (C=O) groups excluding carboxylic acids is 3. The zero-order valence-corrected chi connectivity index (χ0v) is 14.2. The van der Waals surface area contributed by atoms with Crippen molar-refractivity contribution in [2.75, 3.05) is 20.0 Å². The first-order chi connectivity index (χ1) is 12.5. The fraction of sp³-hybridized carbons (Fsp3) is 0.105. The van der Waals surface area contributed by atoms with Crippen LogP contribution in [0.2, 0.25) is 0 Å². The first-order valence-electron chi connectivity index (χ1n) is 7.69. The van der Waals surface area contributed by atoms with E-state index >= 15 is 0 Å². The van der Waals surface area contributed by atoms with Gasteiger partial charge in [-0.25, -0.2) is 4.90 Å². The van der Waals surface area contributed by atoms with Crippen molar-refractivity contribution in [3.63, 3.8) is 0 Å². The zero-order valence-electron chi connectivity index (χ0n) is 14.2. The maximum absolute atomic E-state index is 12.5. The fourth-order valence-corrected chi connectivity index (χ4v) is 2.72. The van der Waals surface area contributed by atoms with Crippen LogP contribution in [0, 0.1) is 0 Å². The number of methoxy groups -OCH3 is 2. The van der Waals surface area contributed by atoms with Crippen molar-refractivity contribution in [1.82, 2.24) is 4.90 Å². The molecule has 3 amide bonds. The highest BCUT2D eigenvalue weighted by Gasteiger charge is 2.40. The number of nitrogens with two attached hydrogens (primary N) is 1. The number of benzene rings is 2. The zero-order chi connectivity index (χ0) is 18.8. The number of rotatable bonds is 4. The molecule has 3 rings (SSSR count). The van der Waals surface area contributed by atoms with Gasteiger partial charge >= 0.3 is 0 Å². The minimum Gasteiger partial charge on any atom is -0.497 e. The van der Waals surface area contributed by atoms with Gasteiger partial charge in [0.2, 0.25) is 0 Å². The van der Waals surface area contributed by atoms with E-state index in [-0.39, 0.29) is 16.8 Å². The topological polar surface area (TPSA) is 98.9 Å². The largest absolute Gasteiger partial charge is 0.497 e. The molecular weight excluding hydrogens is 336 g/mol. The van der Waals surface area contributed by atoms with Crippen molar-refractivity contribution in [3.05, 3.63) is 59.2 Å². The van der Waals surface area contributed by atoms with Gasteiger partial charge in [0.1, 0.15) is 11.5 Å². The number of hydrogen-bond acceptors (Lipinski definition) is 6. The lowest BCUT2D eigenvalue weighted by molar-refractivity contribution is -0.121. The molecule has 7 nitrogen and oxygen atoms in total. The SMILES string of the molecule is COc1ccc(OC)c(C=CC(=O)N2C(=O)c3cccc(N)c3C2=O)c1. The van der Waals surface area contributed by atoms with E-state index in [1.807, 2.05) is 0 Å². The summed E-state index contributed by atoms with van der Waals surface area (Å²) in [6, 6.07) is 9.60. The lowest BCUT2D eigenvalue weighted by Crippen LogP contribution is -2.34. The summed E-state index contributed by atoms with van der Waals surface area (Å²) < 4.78 is 10.4. The first kappa shape index (κ1) is 17.2. The summed E-state index contributed by atoms with van der Waals surface area (Å²) >= 11 is 0. The molecule has 0 fully saturated rings. The third kappa shape index (κ3) is 2.79. The molecule has 0 saturated carbocycles.